The Morgan fingerprint density at radius 2 is 1.61 bits per heavy atom. The van der Waals surface area contributed by atoms with E-state index < -0.39 is 95.5 Å². The lowest BCUT2D eigenvalue weighted by molar-refractivity contribution is -0.336. The highest BCUT2D eigenvalue weighted by Crippen LogP contribution is 2.43. The molecule has 3 aliphatic heterocycles. The third-order valence-corrected chi connectivity index (χ3v) is 13.0. The molecule has 7 N–H and O–H groups in total. The van der Waals surface area contributed by atoms with E-state index in [9.17, 15) is 30.3 Å². The second-order valence-electron chi connectivity index (χ2n) is 18.2. The Morgan fingerprint density at radius 3 is 2.18 bits per heavy atom. The Hall–Kier alpha value is -1.05. The molecule has 3 rings (SSSR count). The Labute approximate surface area is 336 Å². The van der Waals surface area contributed by atoms with Gasteiger partial charge in [0.15, 0.2) is 12.6 Å². The average Bonchev–Trinajstić information content (AvgIpc) is 3.12. The van der Waals surface area contributed by atoms with Crippen LogP contribution in [0.15, 0.2) is 0 Å². The molecule has 0 saturated carbocycles. The lowest BCUT2D eigenvalue weighted by atomic mass is 9.75. The van der Waals surface area contributed by atoms with Gasteiger partial charge in [0.05, 0.1) is 35.9 Å². The SMILES string of the molecule is CCCNC[C@]1(O)[C@H](C)O[C@@H](O[C@H]2[C@H](C)[C@@H](OC3O[C@H](C)C[C@H](N(C)C)[C@H]3O)[C@@](C)(O)C[C@@H](C)CN[C@H](C)[C@@H](O)[C@](C)(O)[C@@H](CC)OC(=O)[C@@H]2C)C[C@@]1(C)OC. The van der Waals surface area contributed by atoms with Gasteiger partial charge in [-0.1, -0.05) is 27.7 Å². The number of rotatable bonds is 11. The summed E-state index contributed by atoms with van der Waals surface area (Å²) in [5.41, 5.74) is -5.95. The van der Waals surface area contributed by atoms with Gasteiger partial charge in [-0.3, -0.25) is 4.79 Å². The molecule has 0 aromatic heterocycles. The first-order chi connectivity index (χ1) is 25.9. The molecule has 3 aliphatic rings. The highest BCUT2D eigenvalue weighted by molar-refractivity contribution is 5.73. The van der Waals surface area contributed by atoms with Crippen molar-refractivity contribution in [3.05, 3.63) is 0 Å². The number of methoxy groups -OCH3 is 1. The Balaban J connectivity index is 2.16. The minimum atomic E-state index is -1.81. The van der Waals surface area contributed by atoms with E-state index in [2.05, 4.69) is 10.6 Å². The van der Waals surface area contributed by atoms with Gasteiger partial charge in [-0.25, -0.2) is 0 Å². The maximum absolute atomic E-state index is 14.3. The lowest BCUT2D eigenvalue weighted by Crippen LogP contribution is -2.70. The van der Waals surface area contributed by atoms with Crippen LogP contribution in [0.4, 0.5) is 0 Å². The summed E-state index contributed by atoms with van der Waals surface area (Å²) in [6.45, 7) is 20.9. The summed E-state index contributed by atoms with van der Waals surface area (Å²) in [6.07, 6.45) is -6.71. The van der Waals surface area contributed by atoms with Gasteiger partial charge < -0.3 is 69.5 Å². The van der Waals surface area contributed by atoms with Gasteiger partial charge in [0.2, 0.25) is 0 Å². The molecule has 15 heteroatoms. The van der Waals surface area contributed by atoms with Crippen molar-refractivity contribution in [3.8, 4) is 0 Å². The molecule has 330 valence electrons. The zero-order valence-corrected chi connectivity index (χ0v) is 36.8. The van der Waals surface area contributed by atoms with Crippen LogP contribution in [0.1, 0.15) is 108 Å². The highest BCUT2D eigenvalue weighted by Gasteiger charge is 2.58. The molecular formula is C41H79N3O12. The van der Waals surface area contributed by atoms with E-state index in [1.807, 2.05) is 53.6 Å². The second-order valence-corrected chi connectivity index (χ2v) is 18.2. The molecule has 1 unspecified atom stereocenters. The number of hydrogen-bond donors (Lipinski definition) is 7. The van der Waals surface area contributed by atoms with Crippen LogP contribution in [-0.4, -0.2) is 167 Å². The number of carbonyl (C=O) groups is 1. The zero-order chi connectivity index (χ0) is 42.6. The van der Waals surface area contributed by atoms with E-state index in [1.54, 1.807) is 34.6 Å². The topological polar surface area (TPSA) is 201 Å². The Morgan fingerprint density at radius 1 is 0.964 bits per heavy atom. The lowest BCUT2D eigenvalue weighted by Gasteiger charge is -2.53. The first-order valence-corrected chi connectivity index (χ1v) is 20.9. The number of aliphatic hydroxyl groups is 5. The van der Waals surface area contributed by atoms with Gasteiger partial charge in [-0.05, 0) is 107 Å². The van der Waals surface area contributed by atoms with Crippen molar-refractivity contribution in [3.63, 3.8) is 0 Å². The van der Waals surface area contributed by atoms with E-state index in [-0.39, 0.29) is 43.9 Å². The largest absolute Gasteiger partial charge is 0.459 e. The normalized spacial score (nSPS) is 47.9. The van der Waals surface area contributed by atoms with Crippen LogP contribution in [-0.2, 0) is 33.2 Å². The van der Waals surface area contributed by atoms with Gasteiger partial charge >= 0.3 is 5.97 Å². The molecule has 3 fully saturated rings. The van der Waals surface area contributed by atoms with Crippen LogP contribution < -0.4 is 10.6 Å². The molecule has 56 heavy (non-hydrogen) atoms. The van der Waals surface area contributed by atoms with E-state index >= 15 is 0 Å². The fourth-order valence-electron chi connectivity index (χ4n) is 9.21. The summed E-state index contributed by atoms with van der Waals surface area (Å²) in [7, 11) is 5.31. The summed E-state index contributed by atoms with van der Waals surface area (Å²) in [5, 5.41) is 65.8. The number of ether oxygens (including phenoxy) is 6. The van der Waals surface area contributed by atoms with Crippen molar-refractivity contribution >= 4 is 5.97 Å². The van der Waals surface area contributed by atoms with Crippen LogP contribution in [0.25, 0.3) is 0 Å². The van der Waals surface area contributed by atoms with Gasteiger partial charge in [0.1, 0.15) is 35.1 Å². The highest BCUT2D eigenvalue weighted by atomic mass is 16.7. The van der Waals surface area contributed by atoms with Gasteiger partial charge in [-0.2, -0.15) is 0 Å². The van der Waals surface area contributed by atoms with Crippen molar-refractivity contribution in [2.24, 2.45) is 17.8 Å². The van der Waals surface area contributed by atoms with Crippen LogP contribution in [0.5, 0.6) is 0 Å². The second kappa shape index (κ2) is 20.0. The van der Waals surface area contributed by atoms with Crippen LogP contribution in [0, 0.1) is 17.8 Å². The van der Waals surface area contributed by atoms with Gasteiger partial charge in [0, 0.05) is 38.1 Å². The predicted octanol–water partition coefficient (Wildman–Crippen LogP) is 1.93. The molecule has 3 saturated heterocycles. The van der Waals surface area contributed by atoms with Crippen LogP contribution >= 0.6 is 0 Å². The number of nitrogens with zero attached hydrogens (tertiary/aromatic N) is 1. The van der Waals surface area contributed by atoms with Crippen LogP contribution in [0.2, 0.25) is 0 Å². The molecule has 0 radical (unpaired) electrons. The number of aliphatic hydroxyl groups excluding tert-OH is 2. The molecule has 0 spiro atoms. The third kappa shape index (κ3) is 11.0. The molecule has 3 heterocycles. The molecule has 0 aromatic rings. The zero-order valence-electron chi connectivity index (χ0n) is 36.8. The smallest absolute Gasteiger partial charge is 0.311 e. The number of esters is 1. The predicted molar refractivity (Wildman–Crippen MR) is 212 cm³/mol. The molecule has 15 nitrogen and oxygen atoms in total. The number of carbonyl (C=O) groups excluding carboxylic acids is 1. The molecular weight excluding hydrogens is 726 g/mol. The summed E-state index contributed by atoms with van der Waals surface area (Å²) < 4.78 is 38.3. The maximum atomic E-state index is 14.3. The van der Waals surface area contributed by atoms with Crippen molar-refractivity contribution in [2.75, 3.05) is 40.8 Å². The molecule has 0 amide bonds. The summed E-state index contributed by atoms with van der Waals surface area (Å²) >= 11 is 0. The maximum Gasteiger partial charge on any atom is 0.311 e. The molecule has 0 aromatic carbocycles. The van der Waals surface area contributed by atoms with Crippen molar-refractivity contribution < 1.29 is 58.7 Å². The van der Waals surface area contributed by atoms with Crippen molar-refractivity contribution in [2.45, 2.75) is 198 Å². The molecule has 0 bridgehead atoms. The summed E-state index contributed by atoms with van der Waals surface area (Å²) in [4.78, 5) is 16.2. The number of cyclic esters (lactones) is 1. The number of hydrogen-bond acceptors (Lipinski definition) is 15. The van der Waals surface area contributed by atoms with E-state index in [1.165, 1.54) is 14.0 Å². The van der Waals surface area contributed by atoms with Crippen molar-refractivity contribution in [1.82, 2.24) is 15.5 Å². The first-order valence-electron chi connectivity index (χ1n) is 20.9. The monoisotopic (exact) mass is 806 g/mol. The minimum absolute atomic E-state index is 0.0939. The van der Waals surface area contributed by atoms with Gasteiger partial charge in [-0.15, -0.1) is 0 Å². The third-order valence-electron chi connectivity index (χ3n) is 13.0. The molecule has 0 aliphatic carbocycles. The van der Waals surface area contributed by atoms with E-state index in [0.717, 1.165) is 6.42 Å². The van der Waals surface area contributed by atoms with E-state index in [0.29, 0.717) is 19.5 Å². The summed E-state index contributed by atoms with van der Waals surface area (Å²) in [5.74, 6) is -2.66. The Kier molecular flexibility index (Phi) is 17.6. The van der Waals surface area contributed by atoms with Gasteiger partial charge in [0.25, 0.3) is 0 Å². The number of likely N-dealkylation sites (N-methyl/N-ethyl adjacent to an activating group) is 1. The van der Waals surface area contributed by atoms with E-state index in [4.69, 9.17) is 28.4 Å². The number of nitrogens with one attached hydrogen (secondary N) is 2. The Bertz CT molecular complexity index is 1230. The van der Waals surface area contributed by atoms with Crippen molar-refractivity contribution in [1.29, 1.82) is 0 Å². The van der Waals surface area contributed by atoms with Crippen LogP contribution in [0.3, 0.4) is 0 Å². The fourth-order valence-corrected chi connectivity index (χ4v) is 9.21. The quantitative estimate of drug-likeness (QED) is 0.118. The fraction of sp³-hybridized carbons (Fsp3) is 0.976. The molecule has 18 atom stereocenters. The average molecular weight is 806 g/mol. The minimum Gasteiger partial charge on any atom is -0.459 e. The first kappa shape index (κ1) is 49.3. The summed E-state index contributed by atoms with van der Waals surface area (Å²) in [6, 6.07) is -0.877. The standard InChI is InChI=1S/C41H79N3O12/c1-15-17-42-22-41(50)28(8)53-31(20-39(41,10)51-14)55-33-25(5)35(56-37-32(45)29(44(12)13)18-24(4)52-37)38(9,48)19-23(3)21-43-27(7)34(46)40(11,49)30(16-2)54-36(47)26(33)6/h23-35,37,42-43,45-46,48-50H,15-22H2,1-14H3/t23-,24-,25+,26-,27-,28+,29+,30-,31+,32-,33+,34-,35-,37?,38+,39-,40-,41+/m1/s1.